The third kappa shape index (κ3) is 3.52. The Kier molecular flexibility index (Phi) is 4.68. The predicted octanol–water partition coefficient (Wildman–Crippen LogP) is 4.27. The summed E-state index contributed by atoms with van der Waals surface area (Å²) in [6, 6.07) is 11.1. The molecule has 0 radical (unpaired) electrons. The van der Waals surface area contributed by atoms with Gasteiger partial charge in [0, 0.05) is 10.0 Å². The van der Waals surface area contributed by atoms with E-state index >= 15 is 0 Å². The van der Waals surface area contributed by atoms with E-state index in [4.69, 9.17) is 27.5 Å². The number of benzene rings is 2. The molecule has 104 valence electrons. The normalized spacial score (nSPS) is 10.3. The fourth-order valence-electron chi connectivity index (χ4n) is 1.77. The maximum Gasteiger partial charge on any atom is 0.138 e. The smallest absolute Gasteiger partial charge is 0.138 e. The van der Waals surface area contributed by atoms with Crippen LogP contribution < -0.4 is 10.5 Å². The van der Waals surface area contributed by atoms with Gasteiger partial charge >= 0.3 is 0 Å². The van der Waals surface area contributed by atoms with E-state index in [2.05, 4.69) is 15.9 Å². The first kappa shape index (κ1) is 14.9. The first-order valence-electron chi connectivity index (χ1n) is 5.99. The summed E-state index contributed by atoms with van der Waals surface area (Å²) in [5.41, 5.74) is 8.25. The fourth-order valence-corrected chi connectivity index (χ4v) is 2.50. The predicted molar refractivity (Wildman–Crippen MR) is 85.7 cm³/mol. The highest BCUT2D eigenvalue weighted by Gasteiger charge is 2.06. The summed E-state index contributed by atoms with van der Waals surface area (Å²) in [6.07, 6.45) is 0. The number of nitrogens with one attached hydrogen (secondary N) is 1. The topological polar surface area (TPSA) is 59.1 Å². The highest BCUT2D eigenvalue weighted by Crippen LogP contribution is 2.28. The van der Waals surface area contributed by atoms with Crippen LogP contribution in [0.1, 0.15) is 16.7 Å². The summed E-state index contributed by atoms with van der Waals surface area (Å²) in [6.45, 7) is 2.39. The Morgan fingerprint density at radius 1 is 1.30 bits per heavy atom. The van der Waals surface area contributed by atoms with Crippen molar-refractivity contribution in [1.29, 1.82) is 5.41 Å². The zero-order valence-corrected chi connectivity index (χ0v) is 13.3. The third-order valence-corrected chi connectivity index (χ3v) is 3.72. The summed E-state index contributed by atoms with van der Waals surface area (Å²) in [7, 11) is 0. The molecule has 0 saturated heterocycles. The van der Waals surface area contributed by atoms with Crippen LogP contribution in [0.15, 0.2) is 40.9 Å². The van der Waals surface area contributed by atoms with Gasteiger partial charge in [-0.2, -0.15) is 0 Å². The van der Waals surface area contributed by atoms with Crippen molar-refractivity contribution in [3.63, 3.8) is 0 Å². The minimum Gasteiger partial charge on any atom is -0.487 e. The van der Waals surface area contributed by atoms with Crippen LogP contribution >= 0.6 is 27.5 Å². The van der Waals surface area contributed by atoms with Gasteiger partial charge in [-0.25, -0.2) is 0 Å². The molecule has 2 aromatic rings. The summed E-state index contributed by atoms with van der Waals surface area (Å²) in [5.74, 6) is 0.710. The average Bonchev–Trinajstić information content (AvgIpc) is 2.38. The molecule has 0 saturated carbocycles. The molecule has 0 aliphatic rings. The Labute approximate surface area is 131 Å². The van der Waals surface area contributed by atoms with Gasteiger partial charge in [-0.05, 0) is 42.3 Å². The van der Waals surface area contributed by atoms with Crippen molar-refractivity contribution >= 4 is 33.4 Å². The quantitative estimate of drug-likeness (QED) is 0.637. The maximum absolute atomic E-state index is 7.41. The Bertz CT molecular complexity index is 658. The van der Waals surface area contributed by atoms with E-state index < -0.39 is 0 Å². The summed E-state index contributed by atoms with van der Waals surface area (Å²) in [5, 5.41) is 7.98. The van der Waals surface area contributed by atoms with Gasteiger partial charge in [0.25, 0.3) is 0 Å². The van der Waals surface area contributed by atoms with Crippen LogP contribution in [0, 0.1) is 12.3 Å². The monoisotopic (exact) mass is 352 g/mol. The van der Waals surface area contributed by atoms with E-state index in [1.54, 1.807) is 6.07 Å². The number of nitrogens with two attached hydrogens (primary N) is 1. The van der Waals surface area contributed by atoms with E-state index in [1.807, 2.05) is 37.3 Å². The fraction of sp³-hybridized carbons (Fsp3) is 0.133. The number of hydrogen-bond donors (Lipinski definition) is 2. The molecule has 0 fully saturated rings. The second kappa shape index (κ2) is 6.29. The van der Waals surface area contributed by atoms with Crippen LogP contribution in [0.25, 0.3) is 0 Å². The van der Waals surface area contributed by atoms with Gasteiger partial charge in [0.1, 0.15) is 18.2 Å². The van der Waals surface area contributed by atoms with Crippen molar-refractivity contribution in [2.45, 2.75) is 13.5 Å². The molecule has 5 heteroatoms. The number of aryl methyl sites for hydroxylation is 1. The van der Waals surface area contributed by atoms with Crippen molar-refractivity contribution in [3.8, 4) is 5.75 Å². The van der Waals surface area contributed by atoms with Crippen molar-refractivity contribution in [3.05, 3.63) is 62.6 Å². The van der Waals surface area contributed by atoms with E-state index in [-0.39, 0.29) is 5.84 Å². The number of rotatable bonds is 4. The van der Waals surface area contributed by atoms with Gasteiger partial charge < -0.3 is 10.5 Å². The van der Waals surface area contributed by atoms with Gasteiger partial charge in [0.2, 0.25) is 0 Å². The molecule has 20 heavy (non-hydrogen) atoms. The van der Waals surface area contributed by atoms with Crippen LogP contribution in [-0.2, 0) is 6.61 Å². The van der Waals surface area contributed by atoms with Crippen molar-refractivity contribution < 1.29 is 4.74 Å². The molecule has 0 heterocycles. The van der Waals surface area contributed by atoms with Gasteiger partial charge in [-0.15, -0.1) is 0 Å². The van der Waals surface area contributed by atoms with Crippen LogP contribution in [-0.4, -0.2) is 5.84 Å². The van der Waals surface area contributed by atoms with Crippen molar-refractivity contribution in [2.75, 3.05) is 0 Å². The molecule has 0 aromatic heterocycles. The minimum atomic E-state index is 0.0662. The molecule has 2 aromatic carbocycles. The van der Waals surface area contributed by atoms with E-state index in [0.29, 0.717) is 22.9 Å². The number of nitrogen functional groups attached to an aromatic ring is 1. The highest BCUT2D eigenvalue weighted by atomic mass is 79.9. The zero-order chi connectivity index (χ0) is 14.7. The van der Waals surface area contributed by atoms with Gasteiger partial charge in [-0.1, -0.05) is 39.7 Å². The van der Waals surface area contributed by atoms with E-state index in [9.17, 15) is 0 Å². The highest BCUT2D eigenvalue weighted by molar-refractivity contribution is 9.10. The molecular formula is C15H14BrClN2O. The lowest BCUT2D eigenvalue weighted by atomic mass is 10.1. The Morgan fingerprint density at radius 2 is 2.05 bits per heavy atom. The van der Waals surface area contributed by atoms with Crippen molar-refractivity contribution in [1.82, 2.24) is 0 Å². The molecule has 0 aliphatic carbocycles. The summed E-state index contributed by atoms with van der Waals surface area (Å²) >= 11 is 9.46. The lowest BCUT2D eigenvalue weighted by Crippen LogP contribution is -2.11. The largest absolute Gasteiger partial charge is 0.487 e. The third-order valence-electron chi connectivity index (χ3n) is 2.93. The lowest BCUT2D eigenvalue weighted by Gasteiger charge is -2.11. The van der Waals surface area contributed by atoms with Gasteiger partial charge in [0.05, 0.1) is 5.02 Å². The summed E-state index contributed by atoms with van der Waals surface area (Å²) < 4.78 is 6.64. The van der Waals surface area contributed by atoms with E-state index in [1.165, 1.54) is 0 Å². The molecule has 0 amide bonds. The maximum atomic E-state index is 7.41. The van der Waals surface area contributed by atoms with Crippen LogP contribution in [0.4, 0.5) is 0 Å². The van der Waals surface area contributed by atoms with Gasteiger partial charge in [-0.3, -0.25) is 5.41 Å². The Morgan fingerprint density at radius 3 is 2.65 bits per heavy atom. The van der Waals surface area contributed by atoms with E-state index in [0.717, 1.165) is 15.6 Å². The molecule has 0 aliphatic heterocycles. The molecule has 2 rings (SSSR count). The molecule has 0 spiro atoms. The van der Waals surface area contributed by atoms with Crippen molar-refractivity contribution in [2.24, 2.45) is 5.73 Å². The first-order valence-corrected chi connectivity index (χ1v) is 7.16. The SMILES string of the molecule is Cc1cc(C(=N)N)ccc1COc1ccc(Br)cc1Cl. The molecule has 0 unspecified atom stereocenters. The minimum absolute atomic E-state index is 0.0662. The second-order valence-corrected chi connectivity index (χ2v) is 5.74. The van der Waals surface area contributed by atoms with Crippen LogP contribution in [0.3, 0.4) is 0 Å². The standard InChI is InChI=1S/C15H14BrClN2O/c1-9-6-10(15(18)19)2-3-11(9)8-20-14-5-4-12(16)7-13(14)17/h2-7H,8H2,1H3,(H3,18,19). The number of ether oxygens (including phenoxy) is 1. The molecule has 0 atom stereocenters. The first-order chi connectivity index (χ1) is 9.47. The average molecular weight is 354 g/mol. The van der Waals surface area contributed by atoms with Crippen LogP contribution in [0.5, 0.6) is 5.75 Å². The summed E-state index contributed by atoms with van der Waals surface area (Å²) in [4.78, 5) is 0. The number of halogens is 2. The number of amidine groups is 1. The molecule has 0 bridgehead atoms. The molecular weight excluding hydrogens is 340 g/mol. The lowest BCUT2D eigenvalue weighted by molar-refractivity contribution is 0.305. The Hall–Kier alpha value is -1.52. The number of hydrogen-bond acceptors (Lipinski definition) is 2. The molecule has 3 nitrogen and oxygen atoms in total. The van der Waals surface area contributed by atoms with Gasteiger partial charge in [0.15, 0.2) is 0 Å². The van der Waals surface area contributed by atoms with Crippen LogP contribution in [0.2, 0.25) is 5.02 Å². The zero-order valence-electron chi connectivity index (χ0n) is 10.9. The second-order valence-electron chi connectivity index (χ2n) is 4.42. The Balaban J connectivity index is 2.13. The molecule has 3 N–H and O–H groups in total.